The molecule has 98 valence electrons. The average Bonchev–Trinajstić information content (AvgIpc) is 2.28. The first-order valence-electron chi connectivity index (χ1n) is 5.77. The second-order valence-electron chi connectivity index (χ2n) is 3.55. The highest BCUT2D eigenvalue weighted by Crippen LogP contribution is 2.22. The van der Waals surface area contributed by atoms with Crippen LogP contribution >= 0.6 is 0 Å². The van der Waals surface area contributed by atoms with Crippen LogP contribution in [0, 0.1) is 0 Å². The van der Waals surface area contributed by atoms with Crippen LogP contribution in [0.3, 0.4) is 0 Å². The molecule has 0 spiro atoms. The number of hydrogen-bond acceptors (Lipinski definition) is 1. The first kappa shape index (κ1) is 15.8. The third-order valence-corrected chi connectivity index (χ3v) is 2.07. The first-order chi connectivity index (χ1) is 7.92. The summed E-state index contributed by atoms with van der Waals surface area (Å²) in [6.45, 7) is 6.29. The molecule has 0 unspecified atom stereocenters. The maximum Gasteiger partial charge on any atom is 0.573 e. The number of alkyl halides is 3. The fourth-order valence-corrected chi connectivity index (χ4v) is 0.927. The Morgan fingerprint density at radius 2 is 1.41 bits per heavy atom. The van der Waals surface area contributed by atoms with E-state index in [1.165, 1.54) is 25.0 Å². The lowest BCUT2D eigenvalue weighted by molar-refractivity contribution is -0.274. The molecule has 0 aliphatic heterocycles. The van der Waals surface area contributed by atoms with Crippen LogP contribution < -0.4 is 4.74 Å². The van der Waals surface area contributed by atoms with E-state index in [0.717, 1.165) is 12.0 Å². The maximum absolute atomic E-state index is 11.7. The maximum atomic E-state index is 11.7. The number of benzene rings is 1. The van der Waals surface area contributed by atoms with Gasteiger partial charge in [0.15, 0.2) is 0 Å². The van der Waals surface area contributed by atoms with E-state index >= 15 is 0 Å². The molecule has 0 N–H and O–H groups in total. The van der Waals surface area contributed by atoms with Gasteiger partial charge >= 0.3 is 6.36 Å². The summed E-state index contributed by atoms with van der Waals surface area (Å²) in [5.41, 5.74) is 0.981. The van der Waals surface area contributed by atoms with Gasteiger partial charge in [-0.05, 0) is 24.1 Å². The highest BCUT2D eigenvalue weighted by molar-refractivity contribution is 5.27. The molecule has 0 bridgehead atoms. The lowest BCUT2D eigenvalue weighted by Crippen LogP contribution is -2.16. The molecule has 0 saturated carbocycles. The predicted molar refractivity (Wildman–Crippen MR) is 63.1 cm³/mol. The van der Waals surface area contributed by atoms with Gasteiger partial charge in [0, 0.05) is 0 Å². The van der Waals surface area contributed by atoms with Crippen molar-refractivity contribution in [3.63, 3.8) is 0 Å². The van der Waals surface area contributed by atoms with Gasteiger partial charge in [-0.1, -0.05) is 45.7 Å². The fraction of sp³-hybridized carbons (Fsp3) is 0.538. The van der Waals surface area contributed by atoms with Gasteiger partial charge in [0.25, 0.3) is 0 Å². The molecule has 0 aliphatic rings. The van der Waals surface area contributed by atoms with Crippen LogP contribution in [0.4, 0.5) is 13.2 Å². The van der Waals surface area contributed by atoms with Crippen LogP contribution in [0.5, 0.6) is 5.75 Å². The Hall–Kier alpha value is -1.19. The molecule has 0 heterocycles. The van der Waals surface area contributed by atoms with E-state index in [0.29, 0.717) is 0 Å². The largest absolute Gasteiger partial charge is 0.573 e. The SMILES string of the molecule is CCCC.CCc1ccc(OC(F)(F)F)cc1. The zero-order chi connectivity index (χ0) is 13.3. The molecule has 1 aromatic carbocycles. The molecule has 1 aromatic rings. The highest BCUT2D eigenvalue weighted by Gasteiger charge is 2.30. The molecule has 0 fully saturated rings. The highest BCUT2D eigenvalue weighted by atomic mass is 19.4. The quantitative estimate of drug-likeness (QED) is 0.735. The van der Waals surface area contributed by atoms with Gasteiger partial charge in [-0.3, -0.25) is 0 Å². The van der Waals surface area contributed by atoms with Crippen molar-refractivity contribution < 1.29 is 17.9 Å². The summed E-state index contributed by atoms with van der Waals surface area (Å²) < 4.78 is 38.8. The van der Waals surface area contributed by atoms with Crippen LogP contribution in [-0.4, -0.2) is 6.36 Å². The molecule has 0 amide bonds. The summed E-state index contributed by atoms with van der Waals surface area (Å²) in [4.78, 5) is 0. The van der Waals surface area contributed by atoms with Gasteiger partial charge < -0.3 is 4.74 Å². The lowest BCUT2D eigenvalue weighted by Gasteiger charge is -2.08. The standard InChI is InChI=1S/C9H9F3O.C4H10/c1-2-7-3-5-8(6-4-7)13-9(10,11)12;1-3-4-2/h3-6H,2H2,1H3;3-4H2,1-2H3. The van der Waals surface area contributed by atoms with Crippen molar-refractivity contribution in [1.29, 1.82) is 0 Å². The van der Waals surface area contributed by atoms with E-state index in [1.54, 1.807) is 12.1 Å². The minimum absolute atomic E-state index is 0.176. The van der Waals surface area contributed by atoms with Crippen molar-refractivity contribution in [3.8, 4) is 5.75 Å². The van der Waals surface area contributed by atoms with Crippen molar-refractivity contribution >= 4 is 0 Å². The molecule has 4 heteroatoms. The van der Waals surface area contributed by atoms with Crippen molar-refractivity contribution in [2.24, 2.45) is 0 Å². The Kier molecular flexibility index (Phi) is 7.42. The Bertz CT molecular complexity index is 289. The van der Waals surface area contributed by atoms with Crippen LogP contribution in [-0.2, 0) is 6.42 Å². The van der Waals surface area contributed by atoms with Crippen LogP contribution in [0.2, 0.25) is 0 Å². The molecule has 0 atom stereocenters. The number of ether oxygens (including phenoxy) is 1. The van der Waals surface area contributed by atoms with Crippen molar-refractivity contribution in [3.05, 3.63) is 29.8 Å². The zero-order valence-electron chi connectivity index (χ0n) is 10.5. The normalized spacial score (nSPS) is 10.5. The molecule has 0 radical (unpaired) electrons. The van der Waals surface area contributed by atoms with Gasteiger partial charge in [-0.25, -0.2) is 0 Å². The van der Waals surface area contributed by atoms with Gasteiger partial charge in [-0.15, -0.1) is 13.2 Å². The van der Waals surface area contributed by atoms with Crippen molar-refractivity contribution in [2.45, 2.75) is 46.4 Å². The molecular weight excluding hydrogens is 229 g/mol. The summed E-state index contributed by atoms with van der Waals surface area (Å²) >= 11 is 0. The fourth-order valence-electron chi connectivity index (χ4n) is 0.927. The van der Waals surface area contributed by atoms with E-state index in [2.05, 4.69) is 18.6 Å². The summed E-state index contributed by atoms with van der Waals surface area (Å²) in [6, 6.07) is 5.85. The zero-order valence-corrected chi connectivity index (χ0v) is 10.5. The van der Waals surface area contributed by atoms with E-state index in [4.69, 9.17) is 0 Å². The Morgan fingerprint density at radius 3 is 1.71 bits per heavy atom. The van der Waals surface area contributed by atoms with Gasteiger partial charge in [-0.2, -0.15) is 0 Å². The van der Waals surface area contributed by atoms with E-state index in [1.807, 2.05) is 6.92 Å². The van der Waals surface area contributed by atoms with Crippen molar-refractivity contribution in [2.75, 3.05) is 0 Å². The van der Waals surface area contributed by atoms with Crippen LogP contribution in [0.25, 0.3) is 0 Å². The van der Waals surface area contributed by atoms with Gasteiger partial charge in [0.2, 0.25) is 0 Å². The third-order valence-electron chi connectivity index (χ3n) is 2.07. The second-order valence-corrected chi connectivity index (χ2v) is 3.55. The molecule has 0 aliphatic carbocycles. The Balaban J connectivity index is 0.000000557. The summed E-state index contributed by atoms with van der Waals surface area (Å²) in [5.74, 6) is -0.176. The minimum Gasteiger partial charge on any atom is -0.406 e. The number of unbranched alkanes of at least 4 members (excludes halogenated alkanes) is 1. The molecule has 1 nitrogen and oxygen atoms in total. The molecular formula is C13H19F3O. The van der Waals surface area contributed by atoms with Gasteiger partial charge in [0.05, 0.1) is 0 Å². The number of rotatable bonds is 3. The average molecular weight is 248 g/mol. The van der Waals surface area contributed by atoms with E-state index in [9.17, 15) is 13.2 Å². The predicted octanol–water partition coefficient (Wildman–Crippen LogP) is 4.95. The third kappa shape index (κ3) is 8.60. The summed E-state index contributed by atoms with van der Waals surface area (Å²) in [5, 5.41) is 0. The molecule has 17 heavy (non-hydrogen) atoms. The molecule has 1 rings (SSSR count). The number of halogens is 3. The monoisotopic (exact) mass is 248 g/mol. The first-order valence-corrected chi connectivity index (χ1v) is 5.77. The number of aryl methyl sites for hydroxylation is 1. The summed E-state index contributed by atoms with van der Waals surface area (Å²) in [7, 11) is 0. The van der Waals surface area contributed by atoms with Gasteiger partial charge in [0.1, 0.15) is 5.75 Å². The van der Waals surface area contributed by atoms with E-state index < -0.39 is 6.36 Å². The van der Waals surface area contributed by atoms with Crippen LogP contribution in [0.1, 0.15) is 39.2 Å². The smallest absolute Gasteiger partial charge is 0.406 e. The Labute approximate surface area is 101 Å². The Morgan fingerprint density at radius 1 is 0.941 bits per heavy atom. The minimum atomic E-state index is -4.60. The second kappa shape index (κ2) is 7.98. The molecule has 0 aromatic heterocycles. The van der Waals surface area contributed by atoms with Crippen molar-refractivity contribution in [1.82, 2.24) is 0 Å². The molecule has 0 saturated heterocycles. The summed E-state index contributed by atoms with van der Waals surface area (Å²) in [6.07, 6.45) is -1.17. The topological polar surface area (TPSA) is 9.23 Å². The lowest BCUT2D eigenvalue weighted by atomic mass is 10.2. The van der Waals surface area contributed by atoms with Crippen LogP contribution in [0.15, 0.2) is 24.3 Å². The number of hydrogen-bond donors (Lipinski definition) is 0. The van der Waals surface area contributed by atoms with E-state index in [-0.39, 0.29) is 5.75 Å².